The lowest BCUT2D eigenvalue weighted by atomic mass is 9.79. The van der Waals surface area contributed by atoms with Crippen molar-refractivity contribution in [3.63, 3.8) is 0 Å². The van der Waals surface area contributed by atoms with Crippen molar-refractivity contribution < 1.29 is 0 Å². The molecule has 1 aliphatic carbocycles. The van der Waals surface area contributed by atoms with Gasteiger partial charge in [0.25, 0.3) is 0 Å². The molecule has 1 aliphatic rings. The quantitative estimate of drug-likeness (QED) is 0.780. The van der Waals surface area contributed by atoms with E-state index in [1.807, 2.05) is 12.1 Å². The first-order valence-electron chi connectivity index (χ1n) is 7.19. The molecule has 1 N–H and O–H groups in total. The summed E-state index contributed by atoms with van der Waals surface area (Å²) < 4.78 is 0. The largest absolute Gasteiger partial charge is 0.307 e. The second kappa shape index (κ2) is 6.47. The lowest BCUT2D eigenvalue weighted by molar-refractivity contribution is 0.216. The normalized spacial score (nSPS) is 29.2. The zero-order chi connectivity index (χ0) is 14.0. The van der Waals surface area contributed by atoms with Gasteiger partial charge in [0.05, 0.1) is 10.0 Å². The molecule has 0 heterocycles. The van der Waals surface area contributed by atoms with Crippen LogP contribution in [0.3, 0.4) is 0 Å². The summed E-state index contributed by atoms with van der Waals surface area (Å²) in [6.45, 7) is 6.87. The molecular formula is C16H23Cl2N. The first kappa shape index (κ1) is 15.2. The summed E-state index contributed by atoms with van der Waals surface area (Å²) in [7, 11) is 0. The van der Waals surface area contributed by atoms with Crippen LogP contribution in [0.4, 0.5) is 0 Å². The van der Waals surface area contributed by atoms with Gasteiger partial charge in [-0.05, 0) is 49.7 Å². The van der Waals surface area contributed by atoms with Gasteiger partial charge >= 0.3 is 0 Å². The number of hydrogen-bond acceptors (Lipinski definition) is 1. The Morgan fingerprint density at radius 2 is 1.95 bits per heavy atom. The molecule has 1 aromatic carbocycles. The number of nitrogens with one attached hydrogen (secondary N) is 1. The van der Waals surface area contributed by atoms with Crippen LogP contribution >= 0.6 is 23.2 Å². The van der Waals surface area contributed by atoms with Crippen molar-refractivity contribution >= 4 is 23.2 Å². The fourth-order valence-corrected chi connectivity index (χ4v) is 3.65. The Labute approximate surface area is 126 Å². The minimum atomic E-state index is 0.243. The molecule has 1 nitrogen and oxygen atoms in total. The van der Waals surface area contributed by atoms with Gasteiger partial charge < -0.3 is 5.32 Å². The van der Waals surface area contributed by atoms with E-state index in [-0.39, 0.29) is 6.04 Å². The molecule has 1 aromatic rings. The maximum atomic E-state index is 6.29. The van der Waals surface area contributed by atoms with Crippen LogP contribution in [-0.2, 0) is 0 Å². The van der Waals surface area contributed by atoms with E-state index in [1.54, 1.807) is 0 Å². The maximum absolute atomic E-state index is 6.29. The van der Waals surface area contributed by atoms with Crippen LogP contribution in [0.25, 0.3) is 0 Å². The first-order valence-corrected chi connectivity index (χ1v) is 7.94. The van der Waals surface area contributed by atoms with Gasteiger partial charge in [0.2, 0.25) is 0 Å². The van der Waals surface area contributed by atoms with E-state index in [1.165, 1.54) is 19.3 Å². The van der Waals surface area contributed by atoms with E-state index in [0.29, 0.717) is 16.1 Å². The van der Waals surface area contributed by atoms with Gasteiger partial charge in [0.1, 0.15) is 0 Å². The minimum Gasteiger partial charge on any atom is -0.307 e. The van der Waals surface area contributed by atoms with Crippen molar-refractivity contribution in [2.45, 2.75) is 52.1 Å². The summed E-state index contributed by atoms with van der Waals surface area (Å²) in [6, 6.07) is 6.69. The minimum absolute atomic E-state index is 0.243. The predicted octanol–water partition coefficient (Wildman–Crippen LogP) is 5.47. The monoisotopic (exact) mass is 299 g/mol. The van der Waals surface area contributed by atoms with Gasteiger partial charge in [-0.1, -0.05) is 49.2 Å². The number of benzene rings is 1. The highest BCUT2D eigenvalue weighted by molar-refractivity contribution is 6.42. The fraction of sp³-hybridized carbons (Fsp3) is 0.625. The Bertz CT molecular complexity index is 433. The van der Waals surface area contributed by atoms with Gasteiger partial charge in [-0.15, -0.1) is 0 Å². The molecule has 19 heavy (non-hydrogen) atoms. The maximum Gasteiger partial charge on any atom is 0.0639 e. The zero-order valence-corrected chi connectivity index (χ0v) is 13.4. The molecule has 0 spiro atoms. The number of hydrogen-bond donors (Lipinski definition) is 1. The van der Waals surface area contributed by atoms with E-state index in [9.17, 15) is 0 Å². The van der Waals surface area contributed by atoms with Crippen molar-refractivity contribution in [3.05, 3.63) is 33.8 Å². The smallest absolute Gasteiger partial charge is 0.0639 e. The summed E-state index contributed by atoms with van der Waals surface area (Å²) in [5.74, 6) is 1.59. The Kier molecular flexibility index (Phi) is 5.16. The van der Waals surface area contributed by atoms with Gasteiger partial charge in [0.15, 0.2) is 0 Å². The zero-order valence-electron chi connectivity index (χ0n) is 11.9. The molecule has 3 heteroatoms. The van der Waals surface area contributed by atoms with Crippen LogP contribution in [-0.4, -0.2) is 6.04 Å². The SMILES string of the molecule is CC1CCC(NC(C)c2cccc(Cl)c2Cl)C(C)C1. The van der Waals surface area contributed by atoms with Gasteiger partial charge in [-0.2, -0.15) is 0 Å². The molecule has 2 rings (SSSR count). The van der Waals surface area contributed by atoms with E-state index in [2.05, 4.69) is 32.2 Å². The van der Waals surface area contributed by atoms with Crippen LogP contribution in [0.1, 0.15) is 51.6 Å². The van der Waals surface area contributed by atoms with E-state index in [0.717, 1.165) is 17.4 Å². The van der Waals surface area contributed by atoms with Gasteiger partial charge in [-0.3, -0.25) is 0 Å². The summed E-state index contributed by atoms with van der Waals surface area (Å²) in [5, 5.41) is 5.05. The lowest BCUT2D eigenvalue weighted by Crippen LogP contribution is -2.40. The Balaban J connectivity index is 2.04. The molecule has 0 amide bonds. The van der Waals surface area contributed by atoms with Gasteiger partial charge in [0, 0.05) is 12.1 Å². The summed E-state index contributed by atoms with van der Waals surface area (Å²) in [6.07, 6.45) is 3.89. The summed E-state index contributed by atoms with van der Waals surface area (Å²) >= 11 is 12.4. The molecule has 106 valence electrons. The average Bonchev–Trinajstić information content (AvgIpc) is 2.36. The average molecular weight is 300 g/mol. The van der Waals surface area contributed by atoms with Crippen molar-refractivity contribution in [2.24, 2.45) is 11.8 Å². The standard InChI is InChI=1S/C16H23Cl2N/c1-10-7-8-15(11(2)9-10)19-12(3)13-5-4-6-14(17)16(13)18/h4-6,10-12,15,19H,7-9H2,1-3H3. The molecule has 0 aromatic heterocycles. The summed E-state index contributed by atoms with van der Waals surface area (Å²) in [4.78, 5) is 0. The van der Waals surface area contributed by atoms with Crippen molar-refractivity contribution in [2.75, 3.05) is 0 Å². The Hall–Kier alpha value is -0.240. The molecule has 0 aliphatic heterocycles. The molecule has 1 saturated carbocycles. The molecule has 4 atom stereocenters. The highest BCUT2D eigenvalue weighted by Gasteiger charge is 2.26. The Morgan fingerprint density at radius 3 is 2.63 bits per heavy atom. The molecule has 0 bridgehead atoms. The predicted molar refractivity (Wildman–Crippen MR) is 84.0 cm³/mol. The lowest BCUT2D eigenvalue weighted by Gasteiger charge is -2.35. The highest BCUT2D eigenvalue weighted by Crippen LogP contribution is 2.33. The van der Waals surface area contributed by atoms with E-state index in [4.69, 9.17) is 23.2 Å². The fourth-order valence-electron chi connectivity index (χ4n) is 3.18. The van der Waals surface area contributed by atoms with Crippen LogP contribution in [0.15, 0.2) is 18.2 Å². The third-order valence-corrected chi connectivity index (χ3v) is 5.18. The second-order valence-corrected chi connectivity index (χ2v) is 6.82. The third kappa shape index (κ3) is 3.65. The van der Waals surface area contributed by atoms with E-state index < -0.39 is 0 Å². The Morgan fingerprint density at radius 1 is 1.21 bits per heavy atom. The van der Waals surface area contributed by atoms with Crippen molar-refractivity contribution in [1.29, 1.82) is 0 Å². The van der Waals surface area contributed by atoms with Crippen LogP contribution in [0, 0.1) is 11.8 Å². The number of halogens is 2. The summed E-state index contributed by atoms with van der Waals surface area (Å²) in [5.41, 5.74) is 1.10. The van der Waals surface area contributed by atoms with Crippen LogP contribution in [0.2, 0.25) is 10.0 Å². The third-order valence-electron chi connectivity index (χ3n) is 4.34. The van der Waals surface area contributed by atoms with E-state index >= 15 is 0 Å². The molecule has 0 saturated heterocycles. The van der Waals surface area contributed by atoms with Crippen molar-refractivity contribution in [3.8, 4) is 0 Å². The first-order chi connectivity index (χ1) is 8.99. The van der Waals surface area contributed by atoms with Crippen LogP contribution < -0.4 is 5.32 Å². The van der Waals surface area contributed by atoms with Gasteiger partial charge in [-0.25, -0.2) is 0 Å². The molecule has 0 radical (unpaired) electrons. The van der Waals surface area contributed by atoms with Crippen LogP contribution in [0.5, 0.6) is 0 Å². The number of rotatable bonds is 3. The second-order valence-electron chi connectivity index (χ2n) is 6.03. The molecule has 4 unspecified atom stereocenters. The molecule has 1 fully saturated rings. The topological polar surface area (TPSA) is 12.0 Å². The van der Waals surface area contributed by atoms with Crippen molar-refractivity contribution in [1.82, 2.24) is 5.32 Å². The highest BCUT2D eigenvalue weighted by atomic mass is 35.5. The molecular weight excluding hydrogens is 277 g/mol.